The largest absolute Gasteiger partial charge is 0.480 e. The monoisotopic (exact) mass is 289 g/mol. The minimum absolute atomic E-state index is 0.0146. The number of likely N-dealkylation sites (tertiary alicyclic amines) is 1. The number of rotatable bonds is 2. The number of hydrogen-bond donors (Lipinski definition) is 2. The lowest BCUT2D eigenvalue weighted by Crippen LogP contribution is -2.40. The number of aromatic nitrogens is 2. The van der Waals surface area contributed by atoms with Crippen LogP contribution in [-0.2, 0) is 11.8 Å². The maximum Gasteiger partial charge on any atom is 0.326 e. The van der Waals surface area contributed by atoms with Gasteiger partial charge in [0.05, 0.1) is 11.6 Å². The Kier molecular flexibility index (Phi) is 3.13. The van der Waals surface area contributed by atoms with Crippen molar-refractivity contribution in [2.24, 2.45) is 7.05 Å². The highest BCUT2D eigenvalue weighted by atomic mass is 16.4. The van der Waals surface area contributed by atoms with Crippen LogP contribution in [0.25, 0.3) is 10.9 Å². The molecule has 1 aromatic heterocycles. The quantitative estimate of drug-likeness (QED) is 0.825. The van der Waals surface area contributed by atoms with Crippen LogP contribution in [0.2, 0.25) is 0 Å². The van der Waals surface area contributed by atoms with Crippen LogP contribution in [-0.4, -0.2) is 55.5 Å². The molecule has 0 bridgehead atoms. The van der Waals surface area contributed by atoms with Crippen LogP contribution in [0.3, 0.4) is 0 Å². The second-order valence-corrected chi connectivity index (χ2v) is 5.19. The third-order valence-corrected chi connectivity index (χ3v) is 3.79. The molecule has 110 valence electrons. The molecule has 7 nitrogen and oxygen atoms in total. The van der Waals surface area contributed by atoms with E-state index in [1.165, 1.54) is 4.90 Å². The average molecular weight is 289 g/mol. The molecular weight excluding hydrogens is 274 g/mol. The lowest BCUT2D eigenvalue weighted by Gasteiger charge is -2.20. The number of fused-ring (bicyclic) bond motifs is 1. The van der Waals surface area contributed by atoms with E-state index >= 15 is 0 Å². The second-order valence-electron chi connectivity index (χ2n) is 5.19. The fraction of sp³-hybridized carbons (Fsp3) is 0.357. The molecule has 2 unspecified atom stereocenters. The SMILES string of the molecule is Cn1nc(C(=O)N2CC(O)CC2C(=O)O)c2ccccc21. The summed E-state index contributed by atoms with van der Waals surface area (Å²) < 4.78 is 1.59. The number of β-amino-alcohol motifs (C(OH)–C–C–N with tert-alkyl or cyclic N) is 1. The molecule has 1 amide bonds. The van der Waals surface area contributed by atoms with E-state index < -0.39 is 24.0 Å². The van der Waals surface area contributed by atoms with E-state index in [4.69, 9.17) is 0 Å². The topological polar surface area (TPSA) is 95.7 Å². The van der Waals surface area contributed by atoms with Gasteiger partial charge in [-0.3, -0.25) is 9.48 Å². The Morgan fingerprint density at radius 3 is 2.76 bits per heavy atom. The summed E-state index contributed by atoms with van der Waals surface area (Å²) in [4.78, 5) is 25.0. The second kappa shape index (κ2) is 4.85. The number of carbonyl (C=O) groups excluding carboxylic acids is 1. The number of para-hydroxylation sites is 1. The number of carboxylic acid groups (broad SMARTS) is 1. The maximum atomic E-state index is 12.6. The summed E-state index contributed by atoms with van der Waals surface area (Å²) in [7, 11) is 1.73. The van der Waals surface area contributed by atoms with Gasteiger partial charge in [0.2, 0.25) is 0 Å². The first-order chi connectivity index (χ1) is 9.99. The zero-order valence-corrected chi connectivity index (χ0v) is 11.4. The predicted octanol–water partition coefficient (Wildman–Crippen LogP) is 0.233. The molecule has 2 atom stereocenters. The molecule has 1 aliphatic heterocycles. The third kappa shape index (κ3) is 2.15. The average Bonchev–Trinajstić information content (AvgIpc) is 3.00. The Morgan fingerprint density at radius 1 is 1.33 bits per heavy atom. The summed E-state index contributed by atoms with van der Waals surface area (Å²) in [6.45, 7) is 0.0146. The number of carbonyl (C=O) groups is 2. The molecule has 21 heavy (non-hydrogen) atoms. The first-order valence-corrected chi connectivity index (χ1v) is 6.62. The molecule has 1 aromatic carbocycles. The molecule has 0 saturated carbocycles. The fourth-order valence-electron chi connectivity index (χ4n) is 2.78. The Labute approximate surface area is 120 Å². The molecule has 1 fully saturated rings. The lowest BCUT2D eigenvalue weighted by molar-refractivity contribution is -0.141. The van der Waals surface area contributed by atoms with Crippen molar-refractivity contribution in [3.8, 4) is 0 Å². The number of aliphatic carboxylic acids is 1. The minimum Gasteiger partial charge on any atom is -0.480 e. The Hall–Kier alpha value is -2.41. The van der Waals surface area contributed by atoms with E-state index in [1.807, 2.05) is 12.1 Å². The van der Waals surface area contributed by atoms with Crippen molar-refractivity contribution >= 4 is 22.8 Å². The lowest BCUT2D eigenvalue weighted by atomic mass is 10.1. The van der Waals surface area contributed by atoms with Crippen molar-refractivity contribution in [1.82, 2.24) is 14.7 Å². The van der Waals surface area contributed by atoms with Crippen molar-refractivity contribution in [2.45, 2.75) is 18.6 Å². The van der Waals surface area contributed by atoms with Gasteiger partial charge in [-0.05, 0) is 6.07 Å². The molecule has 1 aliphatic rings. The summed E-state index contributed by atoms with van der Waals surface area (Å²) in [5.41, 5.74) is 1.01. The van der Waals surface area contributed by atoms with Crippen molar-refractivity contribution in [3.05, 3.63) is 30.0 Å². The molecule has 7 heteroatoms. The van der Waals surface area contributed by atoms with Crippen molar-refractivity contribution in [3.63, 3.8) is 0 Å². The zero-order valence-electron chi connectivity index (χ0n) is 11.4. The number of aliphatic hydroxyl groups is 1. The number of hydrogen-bond acceptors (Lipinski definition) is 4. The van der Waals surface area contributed by atoms with E-state index in [0.717, 1.165) is 5.52 Å². The van der Waals surface area contributed by atoms with Crippen molar-refractivity contribution in [2.75, 3.05) is 6.54 Å². The van der Waals surface area contributed by atoms with Gasteiger partial charge in [0, 0.05) is 25.4 Å². The van der Waals surface area contributed by atoms with E-state index in [-0.39, 0.29) is 18.7 Å². The van der Waals surface area contributed by atoms with Crippen molar-refractivity contribution < 1.29 is 19.8 Å². The van der Waals surface area contributed by atoms with Gasteiger partial charge in [0.25, 0.3) is 5.91 Å². The van der Waals surface area contributed by atoms with Crippen LogP contribution >= 0.6 is 0 Å². The molecule has 1 saturated heterocycles. The first-order valence-electron chi connectivity index (χ1n) is 6.62. The van der Waals surface area contributed by atoms with Gasteiger partial charge in [-0.15, -0.1) is 0 Å². The Balaban J connectivity index is 2.02. The number of carboxylic acids is 1. The van der Waals surface area contributed by atoms with Gasteiger partial charge < -0.3 is 15.1 Å². The first kappa shape index (κ1) is 13.6. The van der Waals surface area contributed by atoms with E-state index in [2.05, 4.69) is 5.10 Å². The molecule has 0 aliphatic carbocycles. The normalized spacial score (nSPS) is 21.9. The molecule has 0 radical (unpaired) electrons. The van der Waals surface area contributed by atoms with E-state index in [1.54, 1.807) is 23.9 Å². The Morgan fingerprint density at radius 2 is 2.05 bits per heavy atom. The minimum atomic E-state index is -1.11. The predicted molar refractivity (Wildman–Crippen MR) is 73.8 cm³/mol. The van der Waals surface area contributed by atoms with E-state index in [9.17, 15) is 19.8 Å². The van der Waals surface area contributed by atoms with Gasteiger partial charge in [-0.1, -0.05) is 18.2 Å². The van der Waals surface area contributed by atoms with Gasteiger partial charge in [0.15, 0.2) is 5.69 Å². The number of amides is 1. The highest BCUT2D eigenvalue weighted by molar-refractivity contribution is 6.06. The smallest absolute Gasteiger partial charge is 0.326 e. The van der Waals surface area contributed by atoms with Crippen molar-refractivity contribution in [1.29, 1.82) is 0 Å². The number of aryl methyl sites for hydroxylation is 1. The summed E-state index contributed by atoms with van der Waals surface area (Å²) in [5, 5.41) is 23.7. The highest BCUT2D eigenvalue weighted by Gasteiger charge is 2.40. The van der Waals surface area contributed by atoms with Crippen LogP contribution in [0, 0.1) is 0 Å². The highest BCUT2D eigenvalue weighted by Crippen LogP contribution is 2.24. The Bertz CT molecular complexity index is 724. The third-order valence-electron chi connectivity index (χ3n) is 3.79. The molecule has 0 spiro atoms. The summed E-state index contributed by atoms with van der Waals surface area (Å²) in [6, 6.07) is 6.25. The standard InChI is InChI=1S/C14H15N3O4/c1-16-10-5-3-2-4-9(10)12(15-16)13(19)17-7-8(18)6-11(17)14(20)21/h2-5,8,11,18H,6-7H2,1H3,(H,20,21). The maximum absolute atomic E-state index is 12.6. The van der Waals surface area contributed by atoms with Crippen LogP contribution < -0.4 is 0 Å². The number of benzene rings is 1. The van der Waals surface area contributed by atoms with Crippen LogP contribution in [0.4, 0.5) is 0 Å². The van der Waals surface area contributed by atoms with Gasteiger partial charge in [0.1, 0.15) is 6.04 Å². The summed E-state index contributed by atoms with van der Waals surface area (Å²) in [6.07, 6.45) is -0.767. The van der Waals surface area contributed by atoms with Crippen LogP contribution in [0.1, 0.15) is 16.9 Å². The zero-order chi connectivity index (χ0) is 15.1. The molecule has 2 aromatic rings. The summed E-state index contributed by atoms with van der Waals surface area (Å²) in [5.74, 6) is -1.57. The molecule has 3 rings (SSSR count). The molecule has 2 heterocycles. The molecule has 2 N–H and O–H groups in total. The van der Waals surface area contributed by atoms with Crippen LogP contribution in [0.15, 0.2) is 24.3 Å². The van der Waals surface area contributed by atoms with Gasteiger partial charge in [-0.2, -0.15) is 5.10 Å². The van der Waals surface area contributed by atoms with E-state index in [0.29, 0.717) is 5.39 Å². The van der Waals surface area contributed by atoms with Gasteiger partial charge >= 0.3 is 5.97 Å². The van der Waals surface area contributed by atoms with Gasteiger partial charge in [-0.25, -0.2) is 4.79 Å². The summed E-state index contributed by atoms with van der Waals surface area (Å²) >= 11 is 0. The van der Waals surface area contributed by atoms with Crippen LogP contribution in [0.5, 0.6) is 0 Å². The number of aliphatic hydroxyl groups excluding tert-OH is 1. The number of nitrogens with zero attached hydrogens (tertiary/aromatic N) is 3. The fourth-order valence-corrected chi connectivity index (χ4v) is 2.78. The molecular formula is C14H15N3O4.